The zero-order chi connectivity index (χ0) is 13.0. The van der Waals surface area contributed by atoms with Gasteiger partial charge < -0.3 is 10.5 Å². The lowest BCUT2D eigenvalue weighted by Crippen LogP contribution is -2.03. The summed E-state index contributed by atoms with van der Waals surface area (Å²) in [6, 6.07) is 13.3. The van der Waals surface area contributed by atoms with Crippen LogP contribution in [0.2, 0.25) is 5.02 Å². The van der Waals surface area contributed by atoms with E-state index >= 15 is 0 Å². The molecule has 0 bridgehead atoms. The summed E-state index contributed by atoms with van der Waals surface area (Å²) >= 11 is 9.22. The van der Waals surface area contributed by atoms with Gasteiger partial charge >= 0.3 is 0 Å². The number of rotatable bonds is 4. The Hall–Kier alpha value is -1.19. The van der Waals surface area contributed by atoms with Crippen LogP contribution in [0.1, 0.15) is 5.56 Å². The summed E-state index contributed by atoms with van der Waals surface area (Å²) < 4.78 is 6.62. The largest absolute Gasteiger partial charge is 0.491 e. The fourth-order valence-corrected chi connectivity index (χ4v) is 2.03. The Balaban J connectivity index is 1.92. The van der Waals surface area contributed by atoms with Gasteiger partial charge in [-0.15, -0.1) is 0 Å². The Kier molecular flexibility index (Phi) is 4.50. The zero-order valence-corrected chi connectivity index (χ0v) is 12.0. The minimum atomic E-state index is 0.586. The molecular formula is C14H13BrClNO. The molecule has 0 aromatic heterocycles. The second-order valence-corrected chi connectivity index (χ2v) is 5.26. The highest BCUT2D eigenvalue weighted by Gasteiger charge is 2.01. The molecule has 0 atom stereocenters. The molecule has 94 valence electrons. The van der Waals surface area contributed by atoms with Gasteiger partial charge in [0.15, 0.2) is 0 Å². The normalized spacial score (nSPS) is 10.3. The van der Waals surface area contributed by atoms with Crippen molar-refractivity contribution in [1.29, 1.82) is 0 Å². The first-order valence-electron chi connectivity index (χ1n) is 5.57. The van der Waals surface area contributed by atoms with Gasteiger partial charge in [0.1, 0.15) is 5.75 Å². The van der Waals surface area contributed by atoms with Crippen molar-refractivity contribution in [2.45, 2.75) is 6.42 Å². The van der Waals surface area contributed by atoms with Crippen LogP contribution in [0.5, 0.6) is 5.75 Å². The van der Waals surface area contributed by atoms with Crippen LogP contribution in [-0.2, 0) is 6.42 Å². The van der Waals surface area contributed by atoms with Crippen molar-refractivity contribution in [3.63, 3.8) is 0 Å². The van der Waals surface area contributed by atoms with Gasteiger partial charge in [-0.2, -0.15) is 0 Å². The smallest absolute Gasteiger partial charge is 0.143 e. The minimum absolute atomic E-state index is 0.586. The van der Waals surface area contributed by atoms with E-state index < -0.39 is 0 Å². The SMILES string of the molecule is Nc1ccc(Br)cc1OCCc1ccc(Cl)cc1. The fourth-order valence-electron chi connectivity index (χ4n) is 1.56. The molecular weight excluding hydrogens is 314 g/mol. The van der Waals surface area contributed by atoms with E-state index in [-0.39, 0.29) is 0 Å². The van der Waals surface area contributed by atoms with E-state index in [4.69, 9.17) is 22.1 Å². The van der Waals surface area contributed by atoms with E-state index in [2.05, 4.69) is 15.9 Å². The fraction of sp³-hybridized carbons (Fsp3) is 0.143. The molecule has 2 aromatic carbocycles. The van der Waals surface area contributed by atoms with Gasteiger partial charge in [-0.05, 0) is 35.9 Å². The predicted octanol–water partition coefficient (Wildman–Crippen LogP) is 4.31. The number of hydrogen-bond donors (Lipinski definition) is 1. The molecule has 0 aliphatic heterocycles. The van der Waals surface area contributed by atoms with E-state index in [0.717, 1.165) is 15.9 Å². The second-order valence-electron chi connectivity index (χ2n) is 3.91. The Morgan fingerprint density at radius 2 is 1.83 bits per heavy atom. The van der Waals surface area contributed by atoms with Crippen LogP contribution in [0.25, 0.3) is 0 Å². The number of halogens is 2. The maximum atomic E-state index is 5.83. The maximum absolute atomic E-state index is 5.83. The minimum Gasteiger partial charge on any atom is -0.491 e. The van der Waals surface area contributed by atoms with Crippen LogP contribution in [-0.4, -0.2) is 6.61 Å². The number of anilines is 1. The molecule has 0 aliphatic carbocycles. The summed E-state index contributed by atoms with van der Waals surface area (Å²) in [6.45, 7) is 0.586. The van der Waals surface area contributed by atoms with Crippen LogP contribution in [0.4, 0.5) is 5.69 Å². The third-order valence-corrected chi connectivity index (χ3v) is 3.28. The van der Waals surface area contributed by atoms with Crippen molar-refractivity contribution < 1.29 is 4.74 Å². The van der Waals surface area contributed by atoms with E-state index in [0.29, 0.717) is 18.0 Å². The zero-order valence-electron chi connectivity index (χ0n) is 9.70. The Morgan fingerprint density at radius 1 is 1.11 bits per heavy atom. The van der Waals surface area contributed by atoms with Crippen molar-refractivity contribution in [2.75, 3.05) is 12.3 Å². The molecule has 0 aliphatic rings. The molecule has 2 N–H and O–H groups in total. The first-order valence-corrected chi connectivity index (χ1v) is 6.74. The third kappa shape index (κ3) is 3.65. The number of hydrogen-bond acceptors (Lipinski definition) is 2. The van der Waals surface area contributed by atoms with E-state index in [1.807, 2.05) is 42.5 Å². The lowest BCUT2D eigenvalue weighted by atomic mass is 10.2. The molecule has 0 fully saturated rings. The monoisotopic (exact) mass is 325 g/mol. The molecule has 2 nitrogen and oxygen atoms in total. The second kappa shape index (κ2) is 6.12. The Morgan fingerprint density at radius 3 is 2.56 bits per heavy atom. The number of nitrogens with two attached hydrogens (primary N) is 1. The molecule has 2 aromatic rings. The van der Waals surface area contributed by atoms with Gasteiger partial charge in [-0.1, -0.05) is 39.7 Å². The maximum Gasteiger partial charge on any atom is 0.143 e. The summed E-state index contributed by atoms with van der Waals surface area (Å²) in [6.07, 6.45) is 0.823. The van der Waals surface area contributed by atoms with Gasteiger partial charge in [0, 0.05) is 15.9 Å². The summed E-state index contributed by atoms with van der Waals surface area (Å²) in [4.78, 5) is 0. The summed E-state index contributed by atoms with van der Waals surface area (Å²) in [5, 5.41) is 0.746. The number of ether oxygens (including phenoxy) is 1. The van der Waals surface area contributed by atoms with Crippen molar-refractivity contribution >= 4 is 33.2 Å². The molecule has 0 amide bonds. The quantitative estimate of drug-likeness (QED) is 0.850. The number of nitrogen functional groups attached to an aromatic ring is 1. The molecule has 18 heavy (non-hydrogen) atoms. The molecule has 0 spiro atoms. The lowest BCUT2D eigenvalue weighted by molar-refractivity contribution is 0.323. The van der Waals surface area contributed by atoms with Gasteiger partial charge in [0.2, 0.25) is 0 Å². The van der Waals surface area contributed by atoms with Crippen molar-refractivity contribution in [3.8, 4) is 5.75 Å². The summed E-state index contributed by atoms with van der Waals surface area (Å²) in [5.41, 5.74) is 7.66. The highest BCUT2D eigenvalue weighted by Crippen LogP contribution is 2.25. The third-order valence-electron chi connectivity index (χ3n) is 2.54. The topological polar surface area (TPSA) is 35.2 Å². The van der Waals surface area contributed by atoms with E-state index in [1.54, 1.807) is 0 Å². The van der Waals surface area contributed by atoms with Gasteiger partial charge in [-0.3, -0.25) is 0 Å². The summed E-state index contributed by atoms with van der Waals surface area (Å²) in [5.74, 6) is 0.707. The van der Waals surface area contributed by atoms with Gasteiger partial charge in [0.05, 0.1) is 12.3 Å². The average Bonchev–Trinajstić information content (AvgIpc) is 2.36. The van der Waals surface area contributed by atoms with E-state index in [1.165, 1.54) is 5.56 Å². The first kappa shape index (κ1) is 13.2. The lowest BCUT2D eigenvalue weighted by Gasteiger charge is -2.09. The predicted molar refractivity (Wildman–Crippen MR) is 79.2 cm³/mol. The van der Waals surface area contributed by atoms with Gasteiger partial charge in [-0.25, -0.2) is 0 Å². The van der Waals surface area contributed by atoms with Crippen molar-refractivity contribution in [3.05, 3.63) is 57.5 Å². The van der Waals surface area contributed by atoms with Gasteiger partial charge in [0.25, 0.3) is 0 Å². The highest BCUT2D eigenvalue weighted by atomic mass is 79.9. The number of benzene rings is 2. The molecule has 0 saturated heterocycles. The molecule has 0 unspecified atom stereocenters. The van der Waals surface area contributed by atoms with Crippen LogP contribution in [0.3, 0.4) is 0 Å². The van der Waals surface area contributed by atoms with Crippen LogP contribution >= 0.6 is 27.5 Å². The Bertz CT molecular complexity index is 528. The van der Waals surface area contributed by atoms with Crippen LogP contribution in [0.15, 0.2) is 46.9 Å². The Labute approximate surface area is 120 Å². The molecule has 0 saturated carbocycles. The van der Waals surface area contributed by atoms with Crippen LogP contribution < -0.4 is 10.5 Å². The first-order chi connectivity index (χ1) is 8.65. The molecule has 0 radical (unpaired) electrons. The van der Waals surface area contributed by atoms with Crippen molar-refractivity contribution in [2.24, 2.45) is 0 Å². The van der Waals surface area contributed by atoms with Crippen molar-refractivity contribution in [1.82, 2.24) is 0 Å². The molecule has 0 heterocycles. The molecule has 4 heteroatoms. The van der Waals surface area contributed by atoms with E-state index in [9.17, 15) is 0 Å². The highest BCUT2D eigenvalue weighted by molar-refractivity contribution is 9.10. The average molecular weight is 327 g/mol. The molecule has 2 rings (SSSR count). The van der Waals surface area contributed by atoms with Crippen LogP contribution in [0, 0.1) is 0 Å². The standard InChI is InChI=1S/C14H13BrClNO/c15-11-3-6-13(17)14(9-11)18-8-7-10-1-4-12(16)5-2-10/h1-6,9H,7-8,17H2. The summed E-state index contributed by atoms with van der Waals surface area (Å²) in [7, 11) is 0.